The van der Waals surface area contributed by atoms with Crippen LogP contribution in [0.4, 0.5) is 0 Å². The smallest absolute Gasteiger partial charge is 0.306 e. The van der Waals surface area contributed by atoms with Crippen LogP contribution in [0.5, 0.6) is 0 Å². The lowest BCUT2D eigenvalue weighted by Gasteiger charge is -2.13. The summed E-state index contributed by atoms with van der Waals surface area (Å²) in [4.78, 5) is 168. The molecule has 0 amide bonds. The molecule has 0 radical (unpaired) electrons. The summed E-state index contributed by atoms with van der Waals surface area (Å²) in [7, 11) is 0. The predicted octanol–water partition coefficient (Wildman–Crippen LogP) is 11.9. The highest BCUT2D eigenvalue weighted by atomic mass is 16.6. The fraction of sp³-hybridized carbons (Fsp3) is 0.581. The Balaban J connectivity index is 0.000000771. The minimum Gasteiger partial charge on any atom is -0.481 e. The van der Waals surface area contributed by atoms with Crippen molar-refractivity contribution in [3.8, 4) is 0 Å². The van der Waals surface area contributed by atoms with Crippen LogP contribution in [-0.4, -0.2) is 191 Å². The van der Waals surface area contributed by atoms with E-state index in [1.165, 1.54) is 0 Å². The molecule has 10 unspecified atom stereocenters. The second kappa shape index (κ2) is 67.6. The third kappa shape index (κ3) is 57.0. The Morgan fingerprint density at radius 1 is 0.285 bits per heavy atom. The molecule has 5 rings (SSSR count). The molecular formula is C86H120O37. The van der Waals surface area contributed by atoms with Crippen molar-refractivity contribution < 1.29 is 178 Å². The van der Waals surface area contributed by atoms with Crippen LogP contribution in [0.2, 0.25) is 0 Å². The number of ether oxygens (including phenoxy) is 8. The first-order valence-electron chi connectivity index (χ1n) is 40.7. The van der Waals surface area contributed by atoms with Crippen molar-refractivity contribution in [1.82, 2.24) is 0 Å². The number of carbonyl (C=O) groups is 16. The Morgan fingerprint density at radius 3 is 0.951 bits per heavy atom. The van der Waals surface area contributed by atoms with E-state index in [0.717, 1.165) is 80.2 Å². The molecule has 0 saturated carbocycles. The average Bonchev–Trinajstić information content (AvgIpc) is 1.76. The van der Waals surface area contributed by atoms with E-state index in [1.54, 1.807) is 24.3 Å². The topological polar surface area (TPSA) is 574 Å². The monoisotopic (exact) mass is 1740 g/mol. The molecule has 5 heterocycles. The molecule has 0 aromatic carbocycles. The summed E-state index contributed by atoms with van der Waals surface area (Å²) in [6.07, 6.45) is 13.3. The molecule has 10 atom stereocenters. The molecule has 686 valence electrons. The lowest BCUT2D eigenvalue weighted by Crippen LogP contribution is -2.21. The van der Waals surface area contributed by atoms with Gasteiger partial charge in [0.2, 0.25) is 0 Å². The lowest BCUT2D eigenvalue weighted by atomic mass is 9.97. The van der Waals surface area contributed by atoms with Gasteiger partial charge in [0, 0.05) is 103 Å². The molecule has 0 aliphatic heterocycles. The van der Waals surface area contributed by atoms with E-state index in [1.807, 2.05) is 57.2 Å². The van der Waals surface area contributed by atoms with Crippen molar-refractivity contribution in [2.75, 3.05) is 19.8 Å². The summed E-state index contributed by atoms with van der Waals surface area (Å²) >= 11 is 0. The van der Waals surface area contributed by atoms with Crippen LogP contribution >= 0.6 is 0 Å². The van der Waals surface area contributed by atoms with Crippen LogP contribution < -0.4 is 0 Å². The Labute approximate surface area is 712 Å². The Morgan fingerprint density at radius 2 is 0.569 bits per heavy atom. The van der Waals surface area contributed by atoms with E-state index in [0.29, 0.717) is 170 Å². The number of hydrogen-bond donors (Lipinski definition) is 8. The minimum absolute atomic E-state index is 0.00654. The van der Waals surface area contributed by atoms with E-state index >= 15 is 0 Å². The molecule has 0 spiro atoms. The number of rotatable bonds is 70. The van der Waals surface area contributed by atoms with Crippen molar-refractivity contribution >= 4 is 99.5 Å². The second-order valence-corrected chi connectivity index (χ2v) is 29.3. The molecule has 8 N–H and O–H groups in total. The number of aliphatic carboxylic acids is 8. The molecule has 37 heteroatoms. The van der Waals surface area contributed by atoms with Gasteiger partial charge in [-0.3, -0.25) is 76.7 Å². The summed E-state index contributed by atoms with van der Waals surface area (Å²) in [6, 6.07) is 18.3. The maximum atomic E-state index is 11.2. The summed E-state index contributed by atoms with van der Waals surface area (Å²) < 4.78 is 66.4. The van der Waals surface area contributed by atoms with E-state index in [4.69, 9.17) is 86.6 Å². The normalized spacial score (nSPS) is 13.0. The van der Waals surface area contributed by atoms with Gasteiger partial charge in [-0.2, -0.15) is 0 Å². The second-order valence-electron chi connectivity index (χ2n) is 29.3. The van der Waals surface area contributed by atoms with E-state index < -0.39 is 78.1 Å². The van der Waals surface area contributed by atoms with Crippen molar-refractivity contribution in [2.45, 2.75) is 270 Å². The summed E-state index contributed by atoms with van der Waals surface area (Å²) in [5, 5.41) is 70.4. The largest absolute Gasteiger partial charge is 0.481 e. The third-order valence-electron chi connectivity index (χ3n) is 19.1. The predicted molar refractivity (Wildman–Crippen MR) is 429 cm³/mol. The van der Waals surface area contributed by atoms with Crippen LogP contribution in [0, 0.1) is 29.6 Å². The molecule has 5 aromatic heterocycles. The van der Waals surface area contributed by atoms with Gasteiger partial charge in [0.15, 0.2) is 0 Å². The molecule has 0 aliphatic carbocycles. The van der Waals surface area contributed by atoms with E-state index in [-0.39, 0.29) is 121 Å². The maximum Gasteiger partial charge on any atom is 0.306 e. The molecule has 37 nitrogen and oxygen atoms in total. The van der Waals surface area contributed by atoms with Crippen LogP contribution in [-0.2, 0) is 179 Å². The van der Waals surface area contributed by atoms with E-state index in [2.05, 4.69) is 21.1 Å². The third-order valence-corrected chi connectivity index (χ3v) is 19.1. The van der Waals surface area contributed by atoms with Crippen molar-refractivity contribution in [3.63, 3.8) is 0 Å². The fourth-order valence-corrected chi connectivity index (χ4v) is 12.4. The Hall–Kier alpha value is -12.1. The van der Waals surface area contributed by atoms with Crippen molar-refractivity contribution in [1.29, 1.82) is 0 Å². The molecule has 0 saturated heterocycles. The number of carboxylic acid groups (broad SMARTS) is 8. The van der Waals surface area contributed by atoms with Crippen molar-refractivity contribution in [2.24, 2.45) is 29.6 Å². The number of hydrogen-bond acceptors (Lipinski definition) is 29. The van der Waals surface area contributed by atoms with Crippen LogP contribution in [0.15, 0.2) is 82.7 Å². The van der Waals surface area contributed by atoms with Gasteiger partial charge in [-0.05, 0) is 181 Å². The first kappa shape index (κ1) is 109. The van der Waals surface area contributed by atoms with E-state index in [9.17, 15) is 76.7 Å². The molecule has 0 bridgehead atoms. The SMILES string of the molecule is CC(CC(=O)O)Cc1ccc(CC(COC=O)OC=O)o1.CC(CCCc1ccc(CCCC(CCC(=O)O)OC=O)o1)CCC(=O)O.CC(CCCc1ccc(CCCC(COC=O)OC=O)o1)CC(=O)O.CCC(CCc1ccc(CCC(COC=O)OC=O)o1)C(=O)O.O=COC(CCC(=O)O)CCc1ccc(CCC(CCC(=O)O)C(=O)O)o1. The standard InChI is InChI=1S/C20H30O7.C18H24O9.C18H26O7.C16H22O7.C14H18O7/c1-15(8-12-19(22)23)4-2-6-17-9-10-18(27-17)7-3-5-16(26-14-21)11-13-20(24)25;19-11-26-13(8-10-17(22)23)4-5-15-7-6-14(27-15)3-1-12(18(24)25)2-9-16(20)21;1-14(10-18(21)22)4-2-5-15-8-9-16(25-15)6-3-7-17(24-13-20)11-23-12-19;1-2-12(16(19)20)3-4-13-5-6-14(23-13)7-8-15(22-11-18)9-21-10-17;1-10(5-14(17)18)4-11-2-3-12(21-11)6-13(20-9-16)7-19-8-15/h9-10,14-16H,2-8,11-13H2,1H3,(H,22,23)(H,24,25);6-7,11-13H,1-5,8-10H2,(H,20,21)(H,22,23)(H,24,25);8-9,12-14,17H,2-7,10-11H2,1H3,(H,21,22);5-6,10-12,15H,2-4,7-9H2,1H3,(H,19,20);2-3,8-10,13H,4-7H2,1H3,(H,17,18). The minimum atomic E-state index is -1.03. The van der Waals surface area contributed by atoms with Gasteiger partial charge in [-0.25, -0.2) is 0 Å². The fourth-order valence-electron chi connectivity index (χ4n) is 12.4. The van der Waals surface area contributed by atoms with Gasteiger partial charge >= 0.3 is 47.8 Å². The number of carboxylic acids is 8. The van der Waals surface area contributed by atoms with Crippen LogP contribution in [0.25, 0.3) is 0 Å². The first-order valence-corrected chi connectivity index (χ1v) is 40.7. The molecule has 5 aromatic rings. The van der Waals surface area contributed by atoms with Gasteiger partial charge in [0.25, 0.3) is 51.8 Å². The van der Waals surface area contributed by atoms with Gasteiger partial charge in [-0.1, -0.05) is 34.1 Å². The molecule has 0 fully saturated rings. The zero-order chi connectivity index (χ0) is 91.5. The van der Waals surface area contributed by atoms with Crippen molar-refractivity contribution in [3.05, 3.63) is 118 Å². The molecular weight excluding hydrogens is 1620 g/mol. The zero-order valence-corrected chi connectivity index (χ0v) is 70.0. The highest BCUT2D eigenvalue weighted by Crippen LogP contribution is 2.25. The van der Waals surface area contributed by atoms with Gasteiger partial charge in [-0.15, -0.1) is 0 Å². The summed E-state index contributed by atoms with van der Waals surface area (Å²) in [5.41, 5.74) is 0. The molecule has 0 aliphatic rings. The Kier molecular flexibility index (Phi) is 59.8. The van der Waals surface area contributed by atoms with Gasteiger partial charge in [0.05, 0.1) is 11.8 Å². The van der Waals surface area contributed by atoms with Gasteiger partial charge in [0.1, 0.15) is 108 Å². The molecule has 123 heavy (non-hydrogen) atoms. The average molecular weight is 1750 g/mol. The number of carbonyl (C=O) groups excluding carboxylic acids is 8. The maximum absolute atomic E-state index is 11.2. The van der Waals surface area contributed by atoms with Crippen LogP contribution in [0.1, 0.15) is 233 Å². The number of aryl methyl sites for hydroxylation is 8. The number of furan rings is 5. The highest BCUT2D eigenvalue weighted by Gasteiger charge is 2.23. The van der Waals surface area contributed by atoms with Crippen LogP contribution in [0.3, 0.4) is 0 Å². The summed E-state index contributed by atoms with van der Waals surface area (Å²) in [6.45, 7) is 10.2. The lowest BCUT2D eigenvalue weighted by molar-refractivity contribution is -0.144. The highest BCUT2D eigenvalue weighted by molar-refractivity contribution is 5.72. The summed E-state index contributed by atoms with van der Waals surface area (Å²) in [5.74, 6) is -0.251. The first-order chi connectivity index (χ1) is 58.9. The van der Waals surface area contributed by atoms with Gasteiger partial charge < -0.3 is 101 Å². The Bertz CT molecular complexity index is 3820. The quantitative estimate of drug-likeness (QED) is 0.0132. The zero-order valence-electron chi connectivity index (χ0n) is 70.0.